The fourth-order valence-electron chi connectivity index (χ4n) is 7.34. The molecule has 0 aromatic carbocycles. The van der Waals surface area contributed by atoms with Crippen molar-refractivity contribution in [1.29, 1.82) is 0 Å². The van der Waals surface area contributed by atoms with Crippen LogP contribution in [0.4, 0.5) is 0 Å². The van der Waals surface area contributed by atoms with Crippen LogP contribution in [-0.2, 0) is 47.9 Å². The zero-order valence-corrected chi connectivity index (χ0v) is 35.7. The molecular weight excluding hydrogens is 700 g/mol. The van der Waals surface area contributed by atoms with Gasteiger partial charge >= 0.3 is 0 Å². The number of rotatable bonds is 34. The Morgan fingerprint density at radius 2 is 0.655 bits per heavy atom. The zero-order valence-electron chi connectivity index (χ0n) is 35.7. The first-order valence-corrected chi connectivity index (χ1v) is 20.7. The Morgan fingerprint density at radius 3 is 0.927 bits per heavy atom. The lowest BCUT2D eigenvalue weighted by Crippen LogP contribution is -2.31. The maximum atomic E-state index is 14.1. The fourth-order valence-corrected chi connectivity index (χ4v) is 7.34. The lowest BCUT2D eigenvalue weighted by atomic mass is 9.77. The molecule has 55 heavy (non-hydrogen) atoms. The highest BCUT2D eigenvalue weighted by Crippen LogP contribution is 2.30. The molecule has 0 saturated carbocycles. The van der Waals surface area contributed by atoms with Gasteiger partial charge in [0.1, 0.15) is 57.8 Å². The molecular formula is C45H72O10. The Balaban J connectivity index is 6.43. The summed E-state index contributed by atoms with van der Waals surface area (Å²) in [6.07, 6.45) is 2.68. The Morgan fingerprint density at radius 1 is 0.364 bits per heavy atom. The molecule has 10 nitrogen and oxygen atoms in total. The summed E-state index contributed by atoms with van der Waals surface area (Å²) in [4.78, 5) is 129. The van der Waals surface area contributed by atoms with E-state index >= 15 is 0 Å². The molecule has 312 valence electrons. The molecule has 0 N–H and O–H groups in total. The predicted octanol–water partition coefficient (Wildman–Crippen LogP) is 8.44. The first kappa shape index (κ1) is 51.7. The molecule has 0 saturated heterocycles. The van der Waals surface area contributed by atoms with E-state index in [-0.39, 0.29) is 147 Å². The largest absolute Gasteiger partial charge is 0.300 e. The molecule has 0 heterocycles. The van der Waals surface area contributed by atoms with Crippen LogP contribution in [-0.4, -0.2) is 57.8 Å². The van der Waals surface area contributed by atoms with Crippen LogP contribution in [0.3, 0.4) is 0 Å². The molecule has 0 bridgehead atoms. The van der Waals surface area contributed by atoms with Gasteiger partial charge in [0.05, 0.1) is 0 Å². The lowest BCUT2D eigenvalue weighted by molar-refractivity contribution is -0.136. The monoisotopic (exact) mass is 773 g/mol. The Hall–Kier alpha value is -3.30. The van der Waals surface area contributed by atoms with Gasteiger partial charge in [-0.2, -0.15) is 0 Å². The van der Waals surface area contributed by atoms with Gasteiger partial charge in [-0.15, -0.1) is 0 Å². The second-order valence-corrected chi connectivity index (χ2v) is 17.2. The highest BCUT2D eigenvalue weighted by molar-refractivity contribution is 5.96. The van der Waals surface area contributed by atoms with Gasteiger partial charge in [-0.1, -0.05) is 47.5 Å². The van der Waals surface area contributed by atoms with Crippen molar-refractivity contribution in [2.24, 2.45) is 47.3 Å². The molecule has 10 heteroatoms. The van der Waals surface area contributed by atoms with E-state index in [9.17, 15) is 47.9 Å². The van der Waals surface area contributed by atoms with E-state index in [2.05, 4.69) is 0 Å². The summed E-state index contributed by atoms with van der Waals surface area (Å²) in [6, 6.07) is 0. The summed E-state index contributed by atoms with van der Waals surface area (Å²) in [7, 11) is 0. The number of carbonyl (C=O) groups excluding carboxylic acids is 10. The molecule has 0 aliphatic rings. The van der Waals surface area contributed by atoms with E-state index in [1.54, 1.807) is 0 Å². The number of hydrogen-bond acceptors (Lipinski definition) is 10. The minimum atomic E-state index is -0.888. The average Bonchev–Trinajstić information content (AvgIpc) is 3.06. The van der Waals surface area contributed by atoms with Gasteiger partial charge in [0.2, 0.25) is 0 Å². The third kappa shape index (κ3) is 23.4. The average molecular weight is 773 g/mol. The first-order chi connectivity index (χ1) is 25.6. The molecule has 0 aliphatic carbocycles. The standard InChI is InChI=1S/C45H72O10/c1-11-12-13-35(23-42(52)38(19-16-32(8)48)26-45(55)40(21-29(4)5)22-33(9)49)41(51)24-36(17-14-30(6)46)43(53)25-37(18-15-31(7)47)44(54)27-39(34(10)50)20-28(2)3/h28-29,35-40H,11-27H2,1-10H3. The van der Waals surface area contributed by atoms with Crippen molar-refractivity contribution in [2.45, 2.75) is 178 Å². The summed E-state index contributed by atoms with van der Waals surface area (Å²) in [5, 5.41) is 0. The topological polar surface area (TPSA) is 171 Å². The van der Waals surface area contributed by atoms with Crippen molar-refractivity contribution < 1.29 is 47.9 Å². The summed E-state index contributed by atoms with van der Waals surface area (Å²) in [5.41, 5.74) is 0. The van der Waals surface area contributed by atoms with E-state index in [4.69, 9.17) is 0 Å². The molecule has 0 amide bonds. The summed E-state index contributed by atoms with van der Waals surface area (Å²) >= 11 is 0. The van der Waals surface area contributed by atoms with Gasteiger partial charge in [-0.25, -0.2) is 0 Å². The quantitative estimate of drug-likeness (QED) is 0.0618. The van der Waals surface area contributed by atoms with Gasteiger partial charge in [0, 0.05) is 93.3 Å². The van der Waals surface area contributed by atoms with Crippen LogP contribution in [0.1, 0.15) is 178 Å². The second kappa shape index (κ2) is 27.3. The van der Waals surface area contributed by atoms with Crippen LogP contribution in [0.5, 0.6) is 0 Å². The molecule has 0 aromatic heterocycles. The van der Waals surface area contributed by atoms with Gasteiger partial charge in [-0.3, -0.25) is 28.8 Å². The molecule has 0 radical (unpaired) electrons. The maximum absolute atomic E-state index is 14.1. The molecule has 0 aromatic rings. The lowest BCUT2D eigenvalue weighted by Gasteiger charge is -2.24. The van der Waals surface area contributed by atoms with Gasteiger partial charge in [0.15, 0.2) is 0 Å². The Bertz CT molecular complexity index is 1340. The number of carbonyl (C=O) groups is 10. The number of Topliss-reactive ketones (excluding diaryl/α,β-unsaturated/α-hetero) is 10. The third-order valence-corrected chi connectivity index (χ3v) is 10.6. The van der Waals surface area contributed by atoms with Crippen LogP contribution < -0.4 is 0 Å². The number of ketones is 10. The smallest absolute Gasteiger partial charge is 0.137 e. The second-order valence-electron chi connectivity index (χ2n) is 17.2. The van der Waals surface area contributed by atoms with E-state index < -0.39 is 35.5 Å². The van der Waals surface area contributed by atoms with E-state index in [1.165, 1.54) is 34.6 Å². The van der Waals surface area contributed by atoms with Crippen LogP contribution in [0.25, 0.3) is 0 Å². The molecule has 6 atom stereocenters. The van der Waals surface area contributed by atoms with Crippen molar-refractivity contribution in [2.75, 3.05) is 0 Å². The van der Waals surface area contributed by atoms with E-state index in [1.807, 2.05) is 34.6 Å². The molecule has 6 unspecified atom stereocenters. The van der Waals surface area contributed by atoms with Crippen LogP contribution in [0.2, 0.25) is 0 Å². The van der Waals surface area contributed by atoms with Crippen molar-refractivity contribution in [3.05, 3.63) is 0 Å². The highest BCUT2D eigenvalue weighted by atomic mass is 16.2. The molecule has 0 aliphatic heterocycles. The van der Waals surface area contributed by atoms with Crippen molar-refractivity contribution in [1.82, 2.24) is 0 Å². The summed E-state index contributed by atoms with van der Waals surface area (Å²) in [6.45, 7) is 16.9. The van der Waals surface area contributed by atoms with Gasteiger partial charge in [-0.05, 0) is 85.0 Å². The van der Waals surface area contributed by atoms with Crippen LogP contribution in [0.15, 0.2) is 0 Å². The minimum Gasteiger partial charge on any atom is -0.300 e. The van der Waals surface area contributed by atoms with Crippen LogP contribution >= 0.6 is 0 Å². The highest BCUT2D eigenvalue weighted by Gasteiger charge is 2.34. The third-order valence-electron chi connectivity index (χ3n) is 10.6. The summed E-state index contributed by atoms with van der Waals surface area (Å²) in [5.74, 6) is -6.10. The Labute approximate surface area is 330 Å². The first-order valence-electron chi connectivity index (χ1n) is 20.7. The maximum Gasteiger partial charge on any atom is 0.137 e. The SMILES string of the molecule is CCCCC(CC(=O)C(CCC(C)=O)CC(=O)C(CC(C)=O)CC(C)C)C(=O)CC(CCC(C)=O)C(=O)CC(CCC(C)=O)C(=O)CC(CC(C)C)C(C)=O. The predicted molar refractivity (Wildman–Crippen MR) is 213 cm³/mol. The van der Waals surface area contributed by atoms with Crippen LogP contribution in [0, 0.1) is 47.3 Å². The fraction of sp³-hybridized carbons (Fsp3) is 0.778. The Kier molecular flexibility index (Phi) is 25.7. The van der Waals surface area contributed by atoms with Crippen molar-refractivity contribution in [3.63, 3.8) is 0 Å². The molecule has 0 fully saturated rings. The van der Waals surface area contributed by atoms with Crippen molar-refractivity contribution in [3.8, 4) is 0 Å². The van der Waals surface area contributed by atoms with Gasteiger partial charge in [0.25, 0.3) is 0 Å². The molecule has 0 spiro atoms. The van der Waals surface area contributed by atoms with E-state index in [0.717, 1.165) is 6.42 Å². The number of hydrogen-bond donors (Lipinski definition) is 0. The van der Waals surface area contributed by atoms with Crippen molar-refractivity contribution >= 4 is 57.8 Å². The van der Waals surface area contributed by atoms with E-state index in [0.29, 0.717) is 25.7 Å². The van der Waals surface area contributed by atoms with Gasteiger partial charge < -0.3 is 19.2 Å². The number of unbranched alkanes of at least 4 members (excludes halogenated alkanes) is 1. The normalized spacial score (nSPS) is 14.8. The minimum absolute atomic E-state index is 0.0398. The zero-order chi connectivity index (χ0) is 42.4. The summed E-state index contributed by atoms with van der Waals surface area (Å²) < 4.78 is 0. The molecule has 0 rings (SSSR count).